The quantitative estimate of drug-likeness (QED) is 0.342. The minimum atomic E-state index is -3.33. The summed E-state index contributed by atoms with van der Waals surface area (Å²) >= 11 is 1.24. The summed E-state index contributed by atoms with van der Waals surface area (Å²) in [6, 6.07) is 22.3. The fourth-order valence-electron chi connectivity index (χ4n) is 3.78. The molecule has 34 heavy (non-hydrogen) atoms. The van der Waals surface area contributed by atoms with Gasteiger partial charge in [0.05, 0.1) is 31.9 Å². The molecule has 5 rings (SSSR count). The van der Waals surface area contributed by atoms with Crippen molar-refractivity contribution < 1.29 is 13.2 Å². The van der Waals surface area contributed by atoms with Crippen LogP contribution in [0.1, 0.15) is 22.8 Å². The Morgan fingerprint density at radius 3 is 2.44 bits per heavy atom. The molecule has 6 nitrogen and oxygen atoms in total. The molecule has 1 N–H and O–H groups in total. The normalized spacial score (nSPS) is 11.7. The van der Waals surface area contributed by atoms with Crippen molar-refractivity contribution in [1.29, 1.82) is 0 Å². The van der Waals surface area contributed by atoms with Crippen molar-refractivity contribution >= 4 is 53.3 Å². The number of carbonyl (C=O) groups is 1. The molecule has 0 bridgehead atoms. The summed E-state index contributed by atoms with van der Waals surface area (Å²) in [5, 5.41) is 4.03. The molecule has 5 aromatic rings. The maximum absolute atomic E-state index is 13.3. The molecule has 0 radical (unpaired) electrons. The van der Waals surface area contributed by atoms with Crippen LogP contribution < -0.4 is 5.32 Å². The van der Waals surface area contributed by atoms with Crippen LogP contribution in [-0.2, 0) is 16.3 Å². The van der Waals surface area contributed by atoms with Gasteiger partial charge in [-0.3, -0.25) is 10.1 Å². The third kappa shape index (κ3) is 4.30. The van der Waals surface area contributed by atoms with Gasteiger partial charge in [-0.1, -0.05) is 60.7 Å². The van der Waals surface area contributed by atoms with E-state index < -0.39 is 9.84 Å². The molecule has 0 saturated carbocycles. The van der Waals surface area contributed by atoms with Gasteiger partial charge in [-0.15, -0.1) is 0 Å². The van der Waals surface area contributed by atoms with Crippen LogP contribution in [0.4, 0.5) is 5.13 Å². The number of benzene rings is 3. The zero-order valence-corrected chi connectivity index (χ0v) is 20.2. The predicted molar refractivity (Wildman–Crippen MR) is 137 cm³/mol. The smallest absolute Gasteiger partial charge is 0.258 e. The number of fused-ring (bicyclic) bond motifs is 2. The highest BCUT2D eigenvalue weighted by Gasteiger charge is 2.17. The summed E-state index contributed by atoms with van der Waals surface area (Å²) in [6.07, 6.45) is 2.12. The highest BCUT2D eigenvalue weighted by Crippen LogP contribution is 2.30. The van der Waals surface area contributed by atoms with E-state index >= 15 is 0 Å². The topological polar surface area (TPSA) is 89.0 Å². The average molecular weight is 488 g/mol. The van der Waals surface area contributed by atoms with Gasteiger partial charge in [-0.2, -0.15) is 0 Å². The van der Waals surface area contributed by atoms with E-state index in [9.17, 15) is 13.2 Å². The molecule has 0 saturated heterocycles. The van der Waals surface area contributed by atoms with Crippen LogP contribution in [0.2, 0.25) is 0 Å². The van der Waals surface area contributed by atoms with Gasteiger partial charge in [0.1, 0.15) is 0 Å². The van der Waals surface area contributed by atoms with Gasteiger partial charge in [-0.05, 0) is 42.3 Å². The second kappa shape index (κ2) is 8.62. The van der Waals surface area contributed by atoms with E-state index in [0.29, 0.717) is 26.6 Å². The van der Waals surface area contributed by atoms with Crippen molar-refractivity contribution in [3.05, 3.63) is 83.9 Å². The lowest BCUT2D eigenvalue weighted by molar-refractivity contribution is 0.102. The van der Waals surface area contributed by atoms with Crippen LogP contribution in [0.15, 0.2) is 77.7 Å². The van der Waals surface area contributed by atoms with E-state index in [1.165, 1.54) is 29.2 Å². The van der Waals surface area contributed by atoms with E-state index in [-0.39, 0.29) is 10.8 Å². The summed E-state index contributed by atoms with van der Waals surface area (Å²) in [7, 11) is -3.33. The molecule has 0 atom stereocenters. The van der Waals surface area contributed by atoms with Gasteiger partial charge in [-0.25, -0.2) is 18.4 Å². The third-order valence-electron chi connectivity index (χ3n) is 5.63. The van der Waals surface area contributed by atoms with Crippen molar-refractivity contribution in [1.82, 2.24) is 9.97 Å². The number of amides is 1. The van der Waals surface area contributed by atoms with Gasteiger partial charge in [0.25, 0.3) is 5.91 Å². The van der Waals surface area contributed by atoms with Gasteiger partial charge in [0.2, 0.25) is 0 Å². The van der Waals surface area contributed by atoms with Crippen LogP contribution >= 0.6 is 11.3 Å². The first-order valence-electron chi connectivity index (χ1n) is 10.7. The molecule has 0 aliphatic carbocycles. The van der Waals surface area contributed by atoms with E-state index in [2.05, 4.69) is 29.4 Å². The molecule has 8 heteroatoms. The van der Waals surface area contributed by atoms with E-state index in [0.717, 1.165) is 22.9 Å². The van der Waals surface area contributed by atoms with Crippen molar-refractivity contribution in [3.8, 4) is 11.3 Å². The first kappa shape index (κ1) is 22.2. The van der Waals surface area contributed by atoms with E-state index in [1.807, 2.05) is 36.4 Å². The van der Waals surface area contributed by atoms with Crippen LogP contribution in [0.5, 0.6) is 0 Å². The lowest BCUT2D eigenvalue weighted by Gasteiger charge is -2.10. The maximum Gasteiger partial charge on any atom is 0.258 e. The molecule has 0 fully saturated rings. The number of hydrogen-bond donors (Lipinski definition) is 1. The second-order valence-corrected chi connectivity index (χ2v) is 11.0. The van der Waals surface area contributed by atoms with Crippen molar-refractivity contribution in [3.63, 3.8) is 0 Å². The number of hydrogen-bond acceptors (Lipinski definition) is 6. The summed E-state index contributed by atoms with van der Waals surface area (Å²) in [4.78, 5) is 22.8. The molecule has 0 unspecified atom stereocenters. The average Bonchev–Trinajstić information content (AvgIpc) is 3.24. The van der Waals surface area contributed by atoms with Crippen LogP contribution in [0, 0.1) is 0 Å². The zero-order chi connectivity index (χ0) is 23.9. The maximum atomic E-state index is 13.3. The van der Waals surface area contributed by atoms with E-state index in [1.54, 1.807) is 18.2 Å². The van der Waals surface area contributed by atoms with Crippen molar-refractivity contribution in [2.75, 3.05) is 11.6 Å². The fraction of sp³-hybridized carbons (Fsp3) is 0.115. The molecule has 0 aliphatic rings. The lowest BCUT2D eigenvalue weighted by atomic mass is 10.0. The van der Waals surface area contributed by atoms with Crippen LogP contribution in [0.25, 0.3) is 32.4 Å². The number of aromatic nitrogens is 2. The molecule has 2 aromatic heterocycles. The number of anilines is 1. The lowest BCUT2D eigenvalue weighted by Crippen LogP contribution is -2.13. The molecule has 3 aromatic carbocycles. The monoisotopic (exact) mass is 487 g/mol. The number of thiazole rings is 1. The molecular formula is C26H21N3O3S2. The number of pyridine rings is 1. The summed E-state index contributed by atoms with van der Waals surface area (Å²) in [6.45, 7) is 2.11. The molecular weight excluding hydrogens is 466 g/mol. The third-order valence-corrected chi connectivity index (χ3v) is 7.67. The van der Waals surface area contributed by atoms with Crippen LogP contribution in [-0.4, -0.2) is 30.5 Å². The van der Waals surface area contributed by atoms with E-state index in [4.69, 9.17) is 4.98 Å². The van der Waals surface area contributed by atoms with Crippen molar-refractivity contribution in [2.45, 2.75) is 18.2 Å². The molecule has 0 spiro atoms. The number of sulfone groups is 1. The Morgan fingerprint density at radius 1 is 0.941 bits per heavy atom. The summed E-state index contributed by atoms with van der Waals surface area (Å²) in [5.41, 5.74) is 4.74. The van der Waals surface area contributed by atoms with Gasteiger partial charge >= 0.3 is 0 Å². The second-order valence-electron chi connectivity index (χ2n) is 8.00. The molecule has 170 valence electrons. The fourth-order valence-corrected chi connectivity index (χ4v) is 5.40. The van der Waals surface area contributed by atoms with Crippen molar-refractivity contribution in [2.24, 2.45) is 0 Å². The number of para-hydroxylation sites is 1. The number of nitrogens with zero attached hydrogens (tertiary/aromatic N) is 2. The number of rotatable bonds is 5. The SMILES string of the molecule is CCc1ccc(-c2cc(C(=O)Nc3nc4ccc(S(C)(=O)=O)cc4s3)c3ccccc3n2)cc1. The minimum Gasteiger partial charge on any atom is -0.298 e. The molecule has 0 aliphatic heterocycles. The predicted octanol–water partition coefficient (Wildman–Crippen LogP) is 5.73. The summed E-state index contributed by atoms with van der Waals surface area (Å²) < 4.78 is 24.4. The van der Waals surface area contributed by atoms with Gasteiger partial charge < -0.3 is 0 Å². The highest BCUT2D eigenvalue weighted by molar-refractivity contribution is 7.90. The Morgan fingerprint density at radius 2 is 1.71 bits per heavy atom. The Kier molecular flexibility index (Phi) is 5.63. The Bertz CT molecular complexity index is 1660. The molecule has 2 heterocycles. The number of aryl methyl sites for hydroxylation is 1. The van der Waals surface area contributed by atoms with Crippen LogP contribution in [0.3, 0.4) is 0 Å². The summed E-state index contributed by atoms with van der Waals surface area (Å²) in [5.74, 6) is -0.299. The Labute approximate surface area is 201 Å². The Balaban J connectivity index is 1.53. The Hall–Kier alpha value is -3.62. The van der Waals surface area contributed by atoms with Gasteiger partial charge in [0.15, 0.2) is 15.0 Å². The number of carbonyl (C=O) groups excluding carboxylic acids is 1. The standard InChI is InChI=1S/C26H21N3O3S2/c1-3-16-8-10-17(11-9-16)23-15-20(19-6-4-5-7-21(19)27-23)25(30)29-26-28-22-13-12-18(34(2,31)32)14-24(22)33-26/h4-15H,3H2,1-2H3,(H,28,29,30). The first-order chi connectivity index (χ1) is 16.3. The largest absolute Gasteiger partial charge is 0.298 e. The zero-order valence-electron chi connectivity index (χ0n) is 18.6. The number of nitrogens with one attached hydrogen (secondary N) is 1. The van der Waals surface area contributed by atoms with Gasteiger partial charge in [0, 0.05) is 17.2 Å². The minimum absolute atomic E-state index is 0.223. The molecule has 1 amide bonds. The highest BCUT2D eigenvalue weighted by atomic mass is 32.2. The first-order valence-corrected chi connectivity index (χ1v) is 13.4.